The summed E-state index contributed by atoms with van der Waals surface area (Å²) in [6.07, 6.45) is 0.397. The zero-order valence-corrected chi connectivity index (χ0v) is 10.2. The zero-order chi connectivity index (χ0) is 13.6. The maximum absolute atomic E-state index is 13.9. The van der Waals surface area contributed by atoms with E-state index in [4.69, 9.17) is 4.42 Å². The molecule has 3 rings (SSSR count). The molecule has 0 fully saturated rings. The summed E-state index contributed by atoms with van der Waals surface area (Å²) in [5, 5.41) is 12.6. The number of carbonyl (C=O) groups excluding carboxylic acids is 1. The third kappa shape index (κ3) is 1.82. The Hall–Kier alpha value is -2.14. The van der Waals surface area contributed by atoms with Crippen molar-refractivity contribution in [3.63, 3.8) is 0 Å². The second kappa shape index (κ2) is 4.20. The molecule has 1 aliphatic heterocycles. The molecular weight excluding hydrogens is 249 g/mol. The molecule has 0 saturated carbocycles. The summed E-state index contributed by atoms with van der Waals surface area (Å²) in [6.45, 7) is 1.70. The van der Waals surface area contributed by atoms with E-state index in [0.717, 1.165) is 0 Å². The highest BCUT2D eigenvalue weighted by molar-refractivity contribution is 6.02. The van der Waals surface area contributed by atoms with E-state index in [2.05, 4.69) is 5.32 Å². The fraction of sp³-hybridized carbons (Fsp3) is 0.214. The quantitative estimate of drug-likeness (QED) is 0.873. The first-order valence-electron chi connectivity index (χ1n) is 5.93. The maximum Gasteiger partial charge on any atom is 0.231 e. The molecule has 2 atom stereocenters. The number of hydrogen-bond acceptors (Lipinski definition) is 3. The van der Waals surface area contributed by atoms with Gasteiger partial charge in [-0.05, 0) is 42.3 Å². The molecule has 0 aliphatic carbocycles. The maximum atomic E-state index is 13.9. The molecule has 98 valence electrons. The molecule has 0 bridgehead atoms. The molecule has 1 aromatic carbocycles. The Morgan fingerprint density at radius 2 is 2.26 bits per heavy atom. The van der Waals surface area contributed by atoms with Gasteiger partial charge in [0.15, 0.2) is 0 Å². The van der Waals surface area contributed by atoms with Gasteiger partial charge in [-0.3, -0.25) is 4.79 Å². The van der Waals surface area contributed by atoms with E-state index < -0.39 is 17.8 Å². The van der Waals surface area contributed by atoms with Crippen molar-refractivity contribution >= 4 is 11.6 Å². The number of fused-ring (bicyclic) bond motifs is 1. The van der Waals surface area contributed by atoms with Crippen molar-refractivity contribution in [2.75, 3.05) is 5.32 Å². The number of anilines is 1. The number of carbonyl (C=O) groups is 1. The van der Waals surface area contributed by atoms with Crippen LogP contribution in [0.3, 0.4) is 0 Å². The van der Waals surface area contributed by atoms with E-state index in [1.54, 1.807) is 25.1 Å². The number of amides is 1. The summed E-state index contributed by atoms with van der Waals surface area (Å²) in [5.41, 5.74) is 1.13. The lowest BCUT2D eigenvalue weighted by Gasteiger charge is -2.11. The van der Waals surface area contributed by atoms with Crippen LogP contribution in [0.25, 0.3) is 0 Å². The molecule has 19 heavy (non-hydrogen) atoms. The van der Waals surface area contributed by atoms with Crippen molar-refractivity contribution in [2.45, 2.75) is 18.9 Å². The van der Waals surface area contributed by atoms with E-state index >= 15 is 0 Å². The normalized spacial score (nSPS) is 19.1. The summed E-state index contributed by atoms with van der Waals surface area (Å²) < 4.78 is 19.0. The number of hydrogen-bond donors (Lipinski definition) is 2. The molecule has 1 amide bonds. The minimum Gasteiger partial charge on any atom is -0.466 e. The van der Waals surface area contributed by atoms with Crippen LogP contribution in [0.2, 0.25) is 0 Å². The third-order valence-corrected chi connectivity index (χ3v) is 3.38. The van der Waals surface area contributed by atoms with Crippen LogP contribution in [-0.2, 0) is 4.79 Å². The molecule has 1 aliphatic rings. The summed E-state index contributed by atoms with van der Waals surface area (Å²) in [4.78, 5) is 11.5. The molecule has 2 aromatic rings. The predicted octanol–water partition coefficient (Wildman–Crippen LogP) is 2.56. The number of halogens is 1. The SMILES string of the molecule is CC1C(=O)Nc2c(F)cc(C(O)c3ccco3)cc21. The topological polar surface area (TPSA) is 62.5 Å². The van der Waals surface area contributed by atoms with Crippen molar-refractivity contribution in [3.05, 3.63) is 53.2 Å². The molecule has 0 spiro atoms. The Balaban J connectivity index is 2.06. The molecular formula is C14H12FNO3. The minimum atomic E-state index is -1.04. The highest BCUT2D eigenvalue weighted by atomic mass is 19.1. The van der Waals surface area contributed by atoms with Crippen molar-refractivity contribution < 1.29 is 18.7 Å². The lowest BCUT2D eigenvalue weighted by atomic mass is 9.97. The van der Waals surface area contributed by atoms with E-state index in [0.29, 0.717) is 16.9 Å². The van der Waals surface area contributed by atoms with Crippen LogP contribution in [0.5, 0.6) is 0 Å². The van der Waals surface area contributed by atoms with Crippen LogP contribution in [-0.4, -0.2) is 11.0 Å². The minimum absolute atomic E-state index is 0.202. The summed E-state index contributed by atoms with van der Waals surface area (Å²) in [5.74, 6) is -0.869. The monoisotopic (exact) mass is 261 g/mol. The van der Waals surface area contributed by atoms with E-state index in [1.807, 2.05) is 0 Å². The largest absolute Gasteiger partial charge is 0.466 e. The van der Waals surface area contributed by atoms with Crippen molar-refractivity contribution in [1.82, 2.24) is 0 Å². The highest BCUT2D eigenvalue weighted by Gasteiger charge is 2.30. The second-order valence-electron chi connectivity index (χ2n) is 4.60. The van der Waals surface area contributed by atoms with Crippen LogP contribution in [0, 0.1) is 5.82 Å². The van der Waals surface area contributed by atoms with E-state index in [1.165, 1.54) is 12.3 Å². The molecule has 2 N–H and O–H groups in total. The standard InChI is InChI=1S/C14H12FNO3/c1-7-9-5-8(13(17)11-3-2-4-19-11)6-10(15)12(9)16-14(7)18/h2-7,13,17H,1H3,(H,16,18). The first kappa shape index (κ1) is 11.9. The van der Waals surface area contributed by atoms with Gasteiger partial charge in [-0.1, -0.05) is 0 Å². The molecule has 4 nitrogen and oxygen atoms in total. The van der Waals surface area contributed by atoms with Gasteiger partial charge in [-0.15, -0.1) is 0 Å². The first-order chi connectivity index (χ1) is 9.08. The van der Waals surface area contributed by atoms with Gasteiger partial charge in [0, 0.05) is 0 Å². The first-order valence-corrected chi connectivity index (χ1v) is 5.93. The number of aliphatic hydroxyl groups excluding tert-OH is 1. The number of aliphatic hydroxyl groups is 1. The van der Waals surface area contributed by atoms with Crippen molar-refractivity contribution in [2.24, 2.45) is 0 Å². The fourth-order valence-corrected chi connectivity index (χ4v) is 2.26. The van der Waals surface area contributed by atoms with Crippen LogP contribution in [0.15, 0.2) is 34.9 Å². The average Bonchev–Trinajstić information content (AvgIpc) is 3.00. The van der Waals surface area contributed by atoms with Crippen LogP contribution in [0.4, 0.5) is 10.1 Å². The number of nitrogens with one attached hydrogen (secondary N) is 1. The average molecular weight is 261 g/mol. The van der Waals surface area contributed by atoms with E-state index in [9.17, 15) is 14.3 Å². The molecule has 5 heteroatoms. The number of benzene rings is 1. The Labute approximate surface area is 108 Å². The highest BCUT2D eigenvalue weighted by Crippen LogP contribution is 2.37. The lowest BCUT2D eigenvalue weighted by Crippen LogP contribution is -2.08. The summed E-state index contributed by atoms with van der Waals surface area (Å²) >= 11 is 0. The van der Waals surface area contributed by atoms with Crippen molar-refractivity contribution in [3.8, 4) is 0 Å². The molecule has 2 heterocycles. The fourth-order valence-electron chi connectivity index (χ4n) is 2.26. The van der Waals surface area contributed by atoms with Gasteiger partial charge < -0.3 is 14.8 Å². The van der Waals surface area contributed by atoms with Gasteiger partial charge in [0.25, 0.3) is 0 Å². The molecule has 0 radical (unpaired) electrons. The molecule has 1 aromatic heterocycles. The number of furan rings is 1. The third-order valence-electron chi connectivity index (χ3n) is 3.38. The van der Waals surface area contributed by atoms with Crippen LogP contribution in [0.1, 0.15) is 35.8 Å². The second-order valence-corrected chi connectivity index (χ2v) is 4.60. The van der Waals surface area contributed by atoms with Crippen LogP contribution >= 0.6 is 0 Å². The lowest BCUT2D eigenvalue weighted by molar-refractivity contribution is -0.116. The Bertz CT molecular complexity index is 636. The summed E-state index contributed by atoms with van der Waals surface area (Å²) in [7, 11) is 0. The smallest absolute Gasteiger partial charge is 0.231 e. The molecule has 2 unspecified atom stereocenters. The Kier molecular flexibility index (Phi) is 2.64. The molecule has 0 saturated heterocycles. The van der Waals surface area contributed by atoms with E-state index in [-0.39, 0.29) is 11.6 Å². The predicted molar refractivity (Wildman–Crippen MR) is 66.2 cm³/mol. The Morgan fingerprint density at radius 1 is 1.47 bits per heavy atom. The van der Waals surface area contributed by atoms with Gasteiger partial charge in [0.2, 0.25) is 5.91 Å². The summed E-state index contributed by atoms with van der Waals surface area (Å²) in [6, 6.07) is 6.11. The zero-order valence-electron chi connectivity index (χ0n) is 10.2. The van der Waals surface area contributed by atoms with Gasteiger partial charge in [-0.2, -0.15) is 0 Å². The van der Waals surface area contributed by atoms with Gasteiger partial charge in [-0.25, -0.2) is 4.39 Å². The van der Waals surface area contributed by atoms with Gasteiger partial charge >= 0.3 is 0 Å². The number of rotatable bonds is 2. The van der Waals surface area contributed by atoms with Gasteiger partial charge in [0.05, 0.1) is 17.9 Å². The van der Waals surface area contributed by atoms with Crippen LogP contribution < -0.4 is 5.32 Å². The van der Waals surface area contributed by atoms with Crippen molar-refractivity contribution in [1.29, 1.82) is 0 Å². The van der Waals surface area contributed by atoms with Gasteiger partial charge in [0.1, 0.15) is 17.7 Å². The Morgan fingerprint density at radius 3 is 2.95 bits per heavy atom.